The molecule has 2 N–H and O–H groups in total. The van der Waals surface area contributed by atoms with Gasteiger partial charge in [0.05, 0.1) is 5.56 Å². The summed E-state index contributed by atoms with van der Waals surface area (Å²) in [6, 6.07) is 5.43. The molecule has 0 aliphatic rings. The van der Waals surface area contributed by atoms with Gasteiger partial charge in [-0.05, 0) is 11.6 Å². The number of hydrogen-bond donors (Lipinski definition) is 2. The van der Waals surface area contributed by atoms with Crippen LogP contribution in [0, 0.1) is 0 Å². The van der Waals surface area contributed by atoms with Gasteiger partial charge in [0.1, 0.15) is 0 Å². The molecule has 1 aromatic carbocycles. The molecule has 19 heavy (non-hydrogen) atoms. The van der Waals surface area contributed by atoms with Crippen molar-refractivity contribution in [3.63, 3.8) is 0 Å². The maximum atomic E-state index is 12.7. The van der Waals surface area contributed by atoms with E-state index in [1.807, 2.05) is 0 Å². The molecule has 0 aliphatic heterocycles. The number of H-pyrrole nitrogens is 1. The zero-order valence-electron chi connectivity index (χ0n) is 9.75. The van der Waals surface area contributed by atoms with Gasteiger partial charge in [-0.25, -0.2) is 0 Å². The van der Waals surface area contributed by atoms with Gasteiger partial charge in [-0.1, -0.05) is 29.5 Å². The Morgan fingerprint density at radius 1 is 1.21 bits per heavy atom. The highest BCUT2D eigenvalue weighted by atomic mass is 32.1. The lowest BCUT2D eigenvalue weighted by Gasteiger charge is -2.12. The van der Waals surface area contributed by atoms with Gasteiger partial charge in [0, 0.05) is 24.2 Å². The van der Waals surface area contributed by atoms with E-state index in [9.17, 15) is 18.0 Å². The van der Waals surface area contributed by atoms with E-state index in [2.05, 4.69) is 10.3 Å². The Labute approximate surface area is 111 Å². The van der Waals surface area contributed by atoms with E-state index in [1.54, 1.807) is 11.4 Å². The zero-order chi connectivity index (χ0) is 13.9. The monoisotopic (exact) mass is 288 g/mol. The molecule has 1 aromatic heterocycles. The molecule has 0 saturated carbocycles. The van der Waals surface area contributed by atoms with E-state index >= 15 is 0 Å². The van der Waals surface area contributed by atoms with Crippen LogP contribution >= 0.6 is 11.3 Å². The molecule has 2 aromatic rings. The summed E-state index contributed by atoms with van der Waals surface area (Å²) >= 11 is 1.03. The summed E-state index contributed by atoms with van der Waals surface area (Å²) in [5.74, 6) is 0. The normalized spacial score (nSPS) is 11.7. The summed E-state index contributed by atoms with van der Waals surface area (Å²) in [5.41, 5.74) is 0.216. The second-order valence-corrected chi connectivity index (χ2v) is 4.77. The summed E-state index contributed by atoms with van der Waals surface area (Å²) in [6.45, 7) is 0.415. The summed E-state index contributed by atoms with van der Waals surface area (Å²) in [6.07, 6.45) is -4.35. The van der Waals surface area contributed by atoms with E-state index in [0.29, 0.717) is 12.2 Å². The van der Waals surface area contributed by atoms with E-state index in [4.69, 9.17) is 0 Å². The molecular weight excluding hydrogens is 277 g/mol. The fourth-order valence-electron chi connectivity index (χ4n) is 1.68. The third-order valence-corrected chi connectivity index (χ3v) is 3.24. The van der Waals surface area contributed by atoms with Crippen LogP contribution in [0.3, 0.4) is 0 Å². The van der Waals surface area contributed by atoms with Crippen LogP contribution in [0.1, 0.15) is 16.8 Å². The van der Waals surface area contributed by atoms with Gasteiger partial charge in [0.15, 0.2) is 0 Å². The smallest absolute Gasteiger partial charge is 0.315 e. The van der Waals surface area contributed by atoms with Gasteiger partial charge in [0.25, 0.3) is 0 Å². The van der Waals surface area contributed by atoms with Gasteiger partial charge in [-0.2, -0.15) is 13.2 Å². The number of hydrogen-bond acceptors (Lipinski definition) is 3. The van der Waals surface area contributed by atoms with E-state index in [-0.39, 0.29) is 17.0 Å². The van der Waals surface area contributed by atoms with Crippen LogP contribution in [0.2, 0.25) is 0 Å². The molecule has 0 atom stereocenters. The molecule has 0 bridgehead atoms. The van der Waals surface area contributed by atoms with Gasteiger partial charge in [-0.15, -0.1) is 0 Å². The summed E-state index contributed by atoms with van der Waals surface area (Å²) in [4.78, 5) is 13.3. The van der Waals surface area contributed by atoms with Crippen LogP contribution in [0.5, 0.6) is 0 Å². The minimum absolute atomic E-state index is 0.0908. The van der Waals surface area contributed by atoms with Crippen LogP contribution in [0.4, 0.5) is 13.2 Å². The van der Waals surface area contributed by atoms with Crippen molar-refractivity contribution in [3.05, 3.63) is 56.1 Å². The Hall–Kier alpha value is -1.60. The van der Waals surface area contributed by atoms with E-state index in [1.165, 1.54) is 12.1 Å². The average Bonchev–Trinajstić information content (AvgIpc) is 2.74. The van der Waals surface area contributed by atoms with Crippen LogP contribution < -0.4 is 10.2 Å². The average molecular weight is 288 g/mol. The minimum atomic E-state index is -4.35. The Morgan fingerprint density at radius 3 is 2.58 bits per heavy atom. The van der Waals surface area contributed by atoms with Gasteiger partial charge >= 0.3 is 11.0 Å². The van der Waals surface area contributed by atoms with Gasteiger partial charge in [0.2, 0.25) is 0 Å². The van der Waals surface area contributed by atoms with Crippen LogP contribution in [-0.2, 0) is 19.3 Å². The molecule has 3 nitrogen and oxygen atoms in total. The number of halogens is 3. The van der Waals surface area contributed by atoms with Crippen LogP contribution in [-0.4, -0.2) is 4.98 Å². The van der Waals surface area contributed by atoms with E-state index in [0.717, 1.165) is 17.4 Å². The highest BCUT2D eigenvalue weighted by Crippen LogP contribution is 2.31. The zero-order valence-corrected chi connectivity index (χ0v) is 10.6. The second kappa shape index (κ2) is 5.58. The predicted molar refractivity (Wildman–Crippen MR) is 66.9 cm³/mol. The first-order chi connectivity index (χ1) is 8.97. The predicted octanol–water partition coefficient (Wildman–Crippen LogP) is 2.75. The molecule has 0 amide bonds. The number of alkyl halides is 3. The van der Waals surface area contributed by atoms with Crippen molar-refractivity contribution >= 4 is 11.3 Å². The lowest BCUT2D eigenvalue weighted by molar-refractivity contribution is -0.138. The summed E-state index contributed by atoms with van der Waals surface area (Å²) in [7, 11) is 0. The Kier molecular flexibility index (Phi) is 4.06. The Balaban J connectivity index is 2.02. The van der Waals surface area contributed by atoms with Crippen molar-refractivity contribution in [1.29, 1.82) is 0 Å². The summed E-state index contributed by atoms with van der Waals surface area (Å²) < 4.78 is 38.2. The van der Waals surface area contributed by atoms with Crippen molar-refractivity contribution < 1.29 is 13.2 Å². The number of benzene rings is 1. The summed E-state index contributed by atoms with van der Waals surface area (Å²) in [5, 5.41) is 4.52. The SMILES string of the molecule is O=c1[nH]c(CNCc2ccccc2C(F)(F)F)cs1. The third-order valence-electron chi connectivity index (χ3n) is 2.52. The number of rotatable bonds is 4. The highest BCUT2D eigenvalue weighted by Gasteiger charge is 2.32. The first kappa shape index (κ1) is 13.8. The number of thiazole rings is 1. The minimum Gasteiger partial charge on any atom is -0.315 e. The van der Waals surface area contributed by atoms with Crippen molar-refractivity contribution in [2.75, 3.05) is 0 Å². The fraction of sp³-hybridized carbons (Fsp3) is 0.250. The van der Waals surface area contributed by atoms with Gasteiger partial charge in [-0.3, -0.25) is 4.79 Å². The molecule has 0 spiro atoms. The second-order valence-electron chi connectivity index (χ2n) is 3.93. The number of aromatic nitrogens is 1. The molecule has 0 unspecified atom stereocenters. The largest absolute Gasteiger partial charge is 0.416 e. The molecule has 0 fully saturated rings. The maximum Gasteiger partial charge on any atom is 0.416 e. The first-order valence-electron chi connectivity index (χ1n) is 5.49. The first-order valence-corrected chi connectivity index (χ1v) is 6.37. The molecule has 0 aliphatic carbocycles. The lowest BCUT2D eigenvalue weighted by Crippen LogP contribution is -2.17. The Morgan fingerprint density at radius 2 is 1.95 bits per heavy atom. The van der Waals surface area contributed by atoms with Crippen molar-refractivity contribution in [2.45, 2.75) is 19.3 Å². The molecule has 1 heterocycles. The fourth-order valence-corrected chi connectivity index (χ4v) is 2.26. The van der Waals surface area contributed by atoms with Crippen LogP contribution in [0.15, 0.2) is 34.4 Å². The topological polar surface area (TPSA) is 44.9 Å². The highest BCUT2D eigenvalue weighted by molar-refractivity contribution is 7.07. The molecule has 7 heteroatoms. The number of nitrogens with one attached hydrogen (secondary N) is 2. The van der Waals surface area contributed by atoms with Gasteiger partial charge < -0.3 is 10.3 Å². The van der Waals surface area contributed by atoms with Crippen molar-refractivity contribution in [2.24, 2.45) is 0 Å². The van der Waals surface area contributed by atoms with Crippen LogP contribution in [0.25, 0.3) is 0 Å². The Bertz CT molecular complexity index is 603. The van der Waals surface area contributed by atoms with Crippen molar-refractivity contribution in [3.8, 4) is 0 Å². The molecule has 102 valence electrons. The maximum absolute atomic E-state index is 12.7. The third kappa shape index (κ3) is 3.68. The molecular formula is C12H11F3N2OS. The van der Waals surface area contributed by atoms with Crippen molar-refractivity contribution in [1.82, 2.24) is 10.3 Å². The molecule has 0 radical (unpaired) electrons. The number of aromatic amines is 1. The van der Waals surface area contributed by atoms with E-state index < -0.39 is 11.7 Å². The molecule has 0 saturated heterocycles. The molecule has 2 rings (SSSR count). The standard InChI is InChI=1S/C12H11F3N2OS/c13-12(14,15)10-4-2-1-3-8(10)5-16-6-9-7-19-11(18)17-9/h1-4,7,16H,5-6H2,(H,17,18). The lowest BCUT2D eigenvalue weighted by atomic mass is 10.1. The quantitative estimate of drug-likeness (QED) is 0.908.